The first-order valence-electron chi connectivity index (χ1n) is 6.10. The fourth-order valence-corrected chi connectivity index (χ4v) is 13.5. The molecule has 0 aromatic rings. The predicted molar refractivity (Wildman–Crippen MR) is 65.3 cm³/mol. The van der Waals surface area contributed by atoms with Gasteiger partial charge in [0.2, 0.25) is 0 Å². The van der Waals surface area contributed by atoms with E-state index in [1.54, 1.807) is 0 Å². The van der Waals surface area contributed by atoms with E-state index in [-0.39, 0.29) is 0 Å². The van der Waals surface area contributed by atoms with Crippen molar-refractivity contribution in [3.63, 3.8) is 0 Å². The Labute approximate surface area is 101 Å². The van der Waals surface area contributed by atoms with Crippen LogP contribution in [-0.2, 0) is 3.10 Å². The van der Waals surface area contributed by atoms with Crippen LogP contribution in [0.2, 0.25) is 8.94 Å². The Hall–Kier alpha value is 1.04. The van der Waals surface area contributed by atoms with Crippen molar-refractivity contribution >= 4 is 26.4 Å². The normalized spacial score (nSPS) is 60.3. The molecule has 3 fully saturated rings. The van der Waals surface area contributed by atoms with Crippen molar-refractivity contribution in [1.29, 1.82) is 0 Å². The topological polar surface area (TPSA) is 9.23 Å². The SMILES string of the molecule is CC[Te]1(Cl)CC23CCC(CC2O1)C3(C)C. The first-order chi connectivity index (χ1) is 6.94. The second-order valence-corrected chi connectivity index (χ2v) is 17.0. The molecule has 0 aromatic heterocycles. The molecule has 1 nitrogen and oxygen atoms in total. The summed E-state index contributed by atoms with van der Waals surface area (Å²) in [4.78, 5) is 0. The third-order valence-electron chi connectivity index (χ3n) is 5.55. The molecule has 1 spiro atoms. The zero-order chi connectivity index (χ0) is 10.9. The molecule has 0 amide bonds. The summed E-state index contributed by atoms with van der Waals surface area (Å²) in [5, 5.41) is 0. The maximum absolute atomic E-state index is 6.74. The first-order valence-corrected chi connectivity index (χ1v) is 13.3. The van der Waals surface area contributed by atoms with Crippen molar-refractivity contribution in [3.8, 4) is 0 Å². The van der Waals surface area contributed by atoms with Crippen LogP contribution in [0.25, 0.3) is 0 Å². The summed E-state index contributed by atoms with van der Waals surface area (Å²) in [6, 6.07) is 0. The van der Waals surface area contributed by atoms with Crippen LogP contribution in [0.1, 0.15) is 40.0 Å². The number of halogens is 1. The molecule has 3 rings (SSSR count). The van der Waals surface area contributed by atoms with Gasteiger partial charge in [0, 0.05) is 0 Å². The maximum atomic E-state index is 6.74. The molecule has 2 saturated carbocycles. The molecule has 1 saturated heterocycles. The third kappa shape index (κ3) is 1.21. The molecule has 4 atom stereocenters. The van der Waals surface area contributed by atoms with Crippen molar-refractivity contribution in [3.05, 3.63) is 0 Å². The van der Waals surface area contributed by atoms with E-state index >= 15 is 0 Å². The minimum atomic E-state index is -2.39. The Morgan fingerprint density at radius 3 is 2.73 bits per heavy atom. The molecule has 4 unspecified atom stereocenters. The molecule has 0 N–H and O–H groups in total. The zero-order valence-corrected chi connectivity index (χ0v) is 13.0. The molecule has 1 heterocycles. The molecular weight excluding hydrogens is 323 g/mol. The molecule has 0 aromatic carbocycles. The molecule has 2 bridgehead atoms. The average Bonchev–Trinajstić information content (AvgIpc) is 2.68. The molecule has 2 aliphatic carbocycles. The summed E-state index contributed by atoms with van der Waals surface area (Å²) in [5.41, 5.74) is 0.978. The van der Waals surface area contributed by atoms with Crippen LogP contribution in [0.3, 0.4) is 0 Å². The molecular formula is C12H21ClOTe. The Balaban J connectivity index is 1.99. The molecule has 0 radical (unpaired) electrons. The minimum absolute atomic E-state index is 0.483. The van der Waals surface area contributed by atoms with E-state index in [0.717, 1.165) is 10.4 Å². The van der Waals surface area contributed by atoms with E-state index in [9.17, 15) is 0 Å². The van der Waals surface area contributed by atoms with Crippen molar-refractivity contribution in [1.82, 2.24) is 0 Å². The molecule has 3 aliphatic rings. The molecule has 3 heteroatoms. The van der Waals surface area contributed by atoms with Gasteiger partial charge in [0.05, 0.1) is 0 Å². The summed E-state index contributed by atoms with van der Waals surface area (Å²) < 4.78 is 8.73. The van der Waals surface area contributed by atoms with Crippen LogP contribution in [0, 0.1) is 16.7 Å². The second-order valence-electron chi connectivity index (χ2n) is 6.09. The zero-order valence-electron chi connectivity index (χ0n) is 9.88. The first kappa shape index (κ1) is 11.1. The van der Waals surface area contributed by atoms with Gasteiger partial charge in [0.1, 0.15) is 0 Å². The summed E-state index contributed by atoms with van der Waals surface area (Å²) >= 11 is -2.39. The van der Waals surface area contributed by atoms with Crippen LogP contribution in [0.15, 0.2) is 0 Å². The Morgan fingerprint density at radius 2 is 2.20 bits per heavy atom. The summed E-state index contributed by atoms with van der Waals surface area (Å²) in [6.07, 6.45) is 4.64. The van der Waals surface area contributed by atoms with Gasteiger partial charge in [-0.2, -0.15) is 0 Å². The second kappa shape index (κ2) is 3.08. The van der Waals surface area contributed by atoms with Gasteiger partial charge in [-0.15, -0.1) is 0 Å². The van der Waals surface area contributed by atoms with Gasteiger partial charge < -0.3 is 0 Å². The predicted octanol–water partition coefficient (Wildman–Crippen LogP) is 3.91. The number of hydrogen-bond acceptors (Lipinski definition) is 1. The van der Waals surface area contributed by atoms with Gasteiger partial charge >= 0.3 is 101 Å². The third-order valence-corrected chi connectivity index (χ3v) is 15.0. The van der Waals surface area contributed by atoms with Crippen LogP contribution in [0.5, 0.6) is 0 Å². The number of hydrogen-bond donors (Lipinski definition) is 0. The Bertz CT molecular complexity index is 306. The van der Waals surface area contributed by atoms with E-state index < -0.39 is 17.5 Å². The Kier molecular flexibility index (Phi) is 2.29. The van der Waals surface area contributed by atoms with Crippen molar-refractivity contribution in [2.45, 2.75) is 55.1 Å². The van der Waals surface area contributed by atoms with Crippen molar-refractivity contribution < 1.29 is 3.10 Å². The van der Waals surface area contributed by atoms with E-state index in [0.29, 0.717) is 16.9 Å². The van der Waals surface area contributed by atoms with Crippen LogP contribution < -0.4 is 0 Å². The number of rotatable bonds is 1. The quantitative estimate of drug-likeness (QED) is 0.656. The van der Waals surface area contributed by atoms with Gasteiger partial charge in [-0.25, -0.2) is 0 Å². The molecule has 1 aliphatic heterocycles. The average molecular weight is 344 g/mol. The fraction of sp³-hybridized carbons (Fsp3) is 1.00. The van der Waals surface area contributed by atoms with Gasteiger partial charge in [-0.1, -0.05) is 0 Å². The molecule has 15 heavy (non-hydrogen) atoms. The van der Waals surface area contributed by atoms with E-state index in [1.807, 2.05) is 0 Å². The monoisotopic (exact) mass is 346 g/mol. The fourth-order valence-electron chi connectivity index (χ4n) is 4.27. The van der Waals surface area contributed by atoms with E-state index in [2.05, 4.69) is 20.8 Å². The van der Waals surface area contributed by atoms with E-state index in [1.165, 1.54) is 23.7 Å². The van der Waals surface area contributed by atoms with Crippen molar-refractivity contribution in [2.24, 2.45) is 16.7 Å². The van der Waals surface area contributed by atoms with Crippen molar-refractivity contribution in [2.75, 3.05) is 0 Å². The van der Waals surface area contributed by atoms with Gasteiger partial charge in [-0.05, 0) is 0 Å². The standard InChI is InChI=1S/C12H21ClOTe/c1-4-15(13)8-12-6-5-9(11(12,2)3)7-10(12)14-15/h9-10H,4-8H2,1-3H3. The van der Waals surface area contributed by atoms with Gasteiger partial charge in [-0.3, -0.25) is 0 Å². The van der Waals surface area contributed by atoms with Gasteiger partial charge in [0.25, 0.3) is 0 Å². The van der Waals surface area contributed by atoms with Gasteiger partial charge in [0.15, 0.2) is 0 Å². The van der Waals surface area contributed by atoms with Crippen LogP contribution >= 0.6 is 8.96 Å². The van der Waals surface area contributed by atoms with Crippen LogP contribution in [-0.4, -0.2) is 23.6 Å². The van der Waals surface area contributed by atoms with E-state index in [4.69, 9.17) is 12.1 Å². The summed E-state index contributed by atoms with van der Waals surface area (Å²) in [6.45, 7) is 7.16. The number of fused-ring (bicyclic) bond motifs is 1. The summed E-state index contributed by atoms with van der Waals surface area (Å²) in [5.74, 6) is 0.906. The molecule has 88 valence electrons. The van der Waals surface area contributed by atoms with Crippen LogP contribution in [0.4, 0.5) is 0 Å². The summed E-state index contributed by atoms with van der Waals surface area (Å²) in [7, 11) is 6.74. The Morgan fingerprint density at radius 1 is 1.47 bits per heavy atom.